The zero-order valence-corrected chi connectivity index (χ0v) is 15.6. The maximum atomic E-state index is 13.0. The average Bonchev–Trinajstić information content (AvgIpc) is 3.13. The number of piperidine rings is 1. The summed E-state index contributed by atoms with van der Waals surface area (Å²) in [7, 11) is 0. The molecule has 1 N–H and O–H groups in total. The van der Waals surface area contributed by atoms with Crippen LogP contribution in [0.4, 0.5) is 24.7 Å². The van der Waals surface area contributed by atoms with Crippen molar-refractivity contribution in [1.29, 1.82) is 0 Å². The summed E-state index contributed by atoms with van der Waals surface area (Å²) in [5, 5.41) is 7.51. The Morgan fingerprint density at radius 1 is 1.11 bits per heavy atom. The summed E-state index contributed by atoms with van der Waals surface area (Å²) in [4.78, 5) is 6.65. The number of nitrogens with one attached hydrogen (secondary N) is 1. The highest BCUT2D eigenvalue weighted by Crippen LogP contribution is 2.32. The molecule has 0 spiro atoms. The number of anilines is 2. The van der Waals surface area contributed by atoms with Gasteiger partial charge in [0.05, 0.1) is 23.5 Å². The van der Waals surface area contributed by atoms with Crippen LogP contribution in [0.3, 0.4) is 0 Å². The van der Waals surface area contributed by atoms with Crippen LogP contribution in [-0.2, 0) is 6.18 Å². The topological polar surface area (TPSA) is 45.5 Å². The number of hydrogen-bond acceptors (Lipinski definition) is 4. The fourth-order valence-corrected chi connectivity index (χ4v) is 3.63. The maximum absolute atomic E-state index is 13.0. The minimum atomic E-state index is -4.36. The van der Waals surface area contributed by atoms with Gasteiger partial charge in [0, 0.05) is 13.1 Å². The largest absolute Gasteiger partial charge is 0.416 e. The van der Waals surface area contributed by atoms with Crippen LogP contribution in [0.5, 0.6) is 0 Å². The van der Waals surface area contributed by atoms with Crippen molar-refractivity contribution in [3.05, 3.63) is 54.0 Å². The second kappa shape index (κ2) is 7.33. The van der Waals surface area contributed by atoms with Crippen molar-refractivity contribution in [3.8, 4) is 0 Å². The van der Waals surface area contributed by atoms with Gasteiger partial charge in [0.25, 0.3) is 0 Å². The molecule has 2 aromatic heterocycles. The molecule has 0 bridgehead atoms. The van der Waals surface area contributed by atoms with Crippen molar-refractivity contribution in [2.24, 2.45) is 0 Å². The van der Waals surface area contributed by atoms with E-state index in [2.05, 4.69) is 20.3 Å². The van der Waals surface area contributed by atoms with E-state index in [1.54, 1.807) is 10.6 Å². The summed E-state index contributed by atoms with van der Waals surface area (Å²) in [5.74, 6) is 0.600. The van der Waals surface area contributed by atoms with Crippen molar-refractivity contribution in [1.82, 2.24) is 14.6 Å². The number of rotatable bonds is 4. The fraction of sp³-hybridized carbons (Fsp3) is 0.400. The minimum absolute atomic E-state index is 0.339. The Morgan fingerprint density at radius 3 is 2.64 bits per heavy atom. The highest BCUT2D eigenvalue weighted by molar-refractivity contribution is 5.73. The predicted octanol–water partition coefficient (Wildman–Crippen LogP) is 4.91. The molecule has 0 amide bonds. The summed E-state index contributed by atoms with van der Waals surface area (Å²) in [5.41, 5.74) is 1.80. The van der Waals surface area contributed by atoms with E-state index in [9.17, 15) is 13.2 Å². The Morgan fingerprint density at radius 2 is 1.89 bits per heavy atom. The number of aromatic nitrogens is 3. The third-order valence-electron chi connectivity index (χ3n) is 5.18. The Balaban J connectivity index is 1.60. The molecular weight excluding hydrogens is 367 g/mol. The van der Waals surface area contributed by atoms with E-state index in [4.69, 9.17) is 0 Å². The third kappa shape index (κ3) is 3.76. The highest BCUT2D eigenvalue weighted by atomic mass is 19.4. The average molecular weight is 389 g/mol. The highest BCUT2D eigenvalue weighted by Gasteiger charge is 2.30. The number of nitrogens with zero attached hydrogens (tertiary/aromatic N) is 4. The zero-order valence-electron chi connectivity index (χ0n) is 15.6. The van der Waals surface area contributed by atoms with E-state index in [0.717, 1.165) is 30.4 Å². The first-order chi connectivity index (χ1) is 13.4. The number of benzene rings is 1. The molecule has 1 fully saturated rings. The normalized spacial score (nSPS) is 16.4. The van der Waals surface area contributed by atoms with Gasteiger partial charge in [-0.2, -0.15) is 18.3 Å². The minimum Gasteiger partial charge on any atom is -0.370 e. The van der Waals surface area contributed by atoms with E-state index in [0.29, 0.717) is 11.4 Å². The van der Waals surface area contributed by atoms with Gasteiger partial charge >= 0.3 is 6.18 Å². The molecule has 5 nitrogen and oxygen atoms in total. The van der Waals surface area contributed by atoms with Gasteiger partial charge in [0.1, 0.15) is 11.8 Å². The third-order valence-corrected chi connectivity index (χ3v) is 5.18. The summed E-state index contributed by atoms with van der Waals surface area (Å²) < 4.78 is 40.8. The van der Waals surface area contributed by atoms with Crippen LogP contribution in [0.1, 0.15) is 43.4 Å². The lowest BCUT2D eigenvalue weighted by Crippen LogP contribution is -2.28. The van der Waals surface area contributed by atoms with E-state index in [1.807, 2.05) is 19.2 Å². The second-order valence-corrected chi connectivity index (χ2v) is 7.17. The van der Waals surface area contributed by atoms with Gasteiger partial charge in [-0.05, 0) is 49.9 Å². The van der Waals surface area contributed by atoms with Crippen molar-refractivity contribution >= 4 is 17.0 Å². The molecule has 0 radical (unpaired) electrons. The van der Waals surface area contributed by atoms with Crippen molar-refractivity contribution in [2.75, 3.05) is 23.3 Å². The molecule has 4 rings (SSSR count). The van der Waals surface area contributed by atoms with Crippen molar-refractivity contribution < 1.29 is 13.2 Å². The molecule has 1 aliphatic heterocycles. The van der Waals surface area contributed by atoms with Crippen LogP contribution >= 0.6 is 0 Å². The lowest BCUT2D eigenvalue weighted by atomic mass is 10.0. The molecule has 1 atom stereocenters. The fourth-order valence-electron chi connectivity index (χ4n) is 3.63. The quantitative estimate of drug-likeness (QED) is 0.689. The molecule has 1 aliphatic rings. The van der Waals surface area contributed by atoms with Crippen LogP contribution in [0.2, 0.25) is 0 Å². The Labute approximate surface area is 161 Å². The number of alkyl halides is 3. The van der Waals surface area contributed by atoms with E-state index in [1.165, 1.54) is 37.7 Å². The standard InChI is InChI=1S/C20H22F3N5/c1-14(15-6-5-7-16(10-15)20(21,22)23)26-19-18-11-17(12-28(18)25-13-24-19)27-8-3-2-4-9-27/h5-7,10-14H,2-4,8-9H2,1H3,(H,24,25,26)/t14-/m1/s1. The molecule has 148 valence electrons. The first kappa shape index (κ1) is 18.6. The lowest BCUT2D eigenvalue weighted by molar-refractivity contribution is -0.137. The molecule has 28 heavy (non-hydrogen) atoms. The molecule has 0 saturated carbocycles. The molecular formula is C20H22F3N5. The van der Waals surface area contributed by atoms with Crippen LogP contribution in [0.15, 0.2) is 42.9 Å². The second-order valence-electron chi connectivity index (χ2n) is 7.17. The van der Waals surface area contributed by atoms with Gasteiger partial charge in [-0.15, -0.1) is 0 Å². The van der Waals surface area contributed by atoms with Crippen molar-refractivity contribution in [2.45, 2.75) is 38.4 Å². The predicted molar refractivity (Wildman–Crippen MR) is 103 cm³/mol. The summed E-state index contributed by atoms with van der Waals surface area (Å²) in [6, 6.07) is 7.06. The van der Waals surface area contributed by atoms with Crippen LogP contribution in [0.25, 0.3) is 5.52 Å². The van der Waals surface area contributed by atoms with E-state index in [-0.39, 0.29) is 6.04 Å². The molecule has 3 heterocycles. The van der Waals surface area contributed by atoms with Gasteiger partial charge in [0.15, 0.2) is 5.82 Å². The Bertz CT molecular complexity index is 960. The Hall–Kier alpha value is -2.77. The zero-order chi connectivity index (χ0) is 19.7. The molecule has 8 heteroatoms. The molecule has 1 aromatic carbocycles. The SMILES string of the molecule is C[C@@H](Nc1ncnn2cc(N3CCCCC3)cc12)c1cccc(C(F)(F)F)c1. The van der Waals surface area contributed by atoms with Gasteiger partial charge in [-0.3, -0.25) is 0 Å². The Kier molecular flexibility index (Phi) is 4.87. The first-order valence-corrected chi connectivity index (χ1v) is 9.44. The first-order valence-electron chi connectivity index (χ1n) is 9.44. The van der Waals surface area contributed by atoms with Crippen LogP contribution in [-0.4, -0.2) is 27.7 Å². The van der Waals surface area contributed by atoms with E-state index >= 15 is 0 Å². The smallest absolute Gasteiger partial charge is 0.370 e. The van der Waals surface area contributed by atoms with Gasteiger partial charge < -0.3 is 10.2 Å². The number of halogens is 3. The van der Waals surface area contributed by atoms with Gasteiger partial charge in [-0.1, -0.05) is 12.1 Å². The van der Waals surface area contributed by atoms with Gasteiger partial charge in [-0.25, -0.2) is 9.50 Å². The van der Waals surface area contributed by atoms with Gasteiger partial charge in [0.2, 0.25) is 0 Å². The number of fused-ring (bicyclic) bond motifs is 1. The van der Waals surface area contributed by atoms with E-state index < -0.39 is 11.7 Å². The van der Waals surface area contributed by atoms with Crippen LogP contribution in [0, 0.1) is 0 Å². The monoisotopic (exact) mass is 389 g/mol. The summed E-state index contributed by atoms with van der Waals surface area (Å²) in [6.07, 6.45) is 2.68. The summed E-state index contributed by atoms with van der Waals surface area (Å²) in [6.45, 7) is 3.87. The lowest BCUT2D eigenvalue weighted by Gasteiger charge is -2.27. The molecule has 1 saturated heterocycles. The number of hydrogen-bond donors (Lipinski definition) is 1. The molecule has 3 aromatic rings. The van der Waals surface area contributed by atoms with Crippen LogP contribution < -0.4 is 10.2 Å². The van der Waals surface area contributed by atoms with Crippen molar-refractivity contribution in [3.63, 3.8) is 0 Å². The summed E-state index contributed by atoms with van der Waals surface area (Å²) >= 11 is 0. The molecule has 0 aliphatic carbocycles. The maximum Gasteiger partial charge on any atom is 0.416 e. The molecule has 0 unspecified atom stereocenters.